The van der Waals surface area contributed by atoms with Crippen LogP contribution in [0.5, 0.6) is 0 Å². The van der Waals surface area contributed by atoms with E-state index in [2.05, 4.69) is 17.1 Å². The highest BCUT2D eigenvalue weighted by Crippen LogP contribution is 2.33. The molecule has 64 valence electrons. The van der Waals surface area contributed by atoms with Crippen LogP contribution in [0.15, 0.2) is 22.8 Å². The molecule has 0 saturated carbocycles. The Labute approximate surface area is 76.3 Å². The van der Waals surface area contributed by atoms with Gasteiger partial charge in [-0.25, -0.2) is 0 Å². The van der Waals surface area contributed by atoms with Crippen LogP contribution < -0.4 is 0 Å². The van der Waals surface area contributed by atoms with Crippen molar-refractivity contribution in [2.24, 2.45) is 0 Å². The Balaban J connectivity index is 2.33. The van der Waals surface area contributed by atoms with Crippen molar-refractivity contribution in [3.05, 3.63) is 22.8 Å². The number of hydrogen-bond acceptors (Lipinski definition) is 3. The van der Waals surface area contributed by atoms with Gasteiger partial charge in [0.2, 0.25) is 5.12 Å². The monoisotopic (exact) mass is 181 g/mol. The quantitative estimate of drug-likeness (QED) is 0.568. The summed E-state index contributed by atoms with van der Waals surface area (Å²) in [6.07, 6.45) is 6.40. The Morgan fingerprint density at radius 3 is 3.25 bits per heavy atom. The minimum absolute atomic E-state index is 0.253. The molecule has 0 aromatic carbocycles. The molecule has 1 aliphatic carbocycles. The van der Waals surface area contributed by atoms with Gasteiger partial charge in [0.05, 0.1) is 6.54 Å². The van der Waals surface area contributed by atoms with E-state index in [0.717, 1.165) is 17.7 Å². The van der Waals surface area contributed by atoms with Crippen LogP contribution in [0.4, 0.5) is 0 Å². The van der Waals surface area contributed by atoms with Crippen LogP contribution in [0.2, 0.25) is 0 Å². The molecule has 0 amide bonds. The molecule has 0 spiro atoms. The minimum Gasteiger partial charge on any atom is -0.369 e. The SMILES string of the molecule is CN1CC(=O)SC2=C1CCC=C2. The topological polar surface area (TPSA) is 20.3 Å². The van der Waals surface area contributed by atoms with Crippen molar-refractivity contribution in [2.45, 2.75) is 12.8 Å². The number of nitrogens with zero attached hydrogens (tertiary/aromatic N) is 1. The number of carbonyl (C=O) groups excluding carboxylic acids is 1. The van der Waals surface area contributed by atoms with E-state index in [0.29, 0.717) is 6.54 Å². The zero-order valence-electron chi connectivity index (χ0n) is 7.04. The van der Waals surface area contributed by atoms with Gasteiger partial charge in [-0.2, -0.15) is 0 Å². The van der Waals surface area contributed by atoms with E-state index in [1.807, 2.05) is 7.05 Å². The Morgan fingerprint density at radius 1 is 1.58 bits per heavy atom. The zero-order valence-corrected chi connectivity index (χ0v) is 7.86. The molecule has 0 aromatic rings. The Hall–Kier alpha value is -0.700. The molecule has 0 saturated heterocycles. The molecule has 1 heterocycles. The van der Waals surface area contributed by atoms with Crippen LogP contribution in [-0.4, -0.2) is 23.6 Å². The lowest BCUT2D eigenvalue weighted by atomic mass is 10.1. The summed E-state index contributed by atoms with van der Waals surface area (Å²) in [4.78, 5) is 14.4. The van der Waals surface area contributed by atoms with Crippen molar-refractivity contribution in [3.63, 3.8) is 0 Å². The minimum atomic E-state index is 0.253. The van der Waals surface area contributed by atoms with Crippen LogP contribution in [0.1, 0.15) is 12.8 Å². The largest absolute Gasteiger partial charge is 0.369 e. The van der Waals surface area contributed by atoms with Crippen molar-refractivity contribution < 1.29 is 4.79 Å². The number of allylic oxidation sites excluding steroid dienone is 3. The van der Waals surface area contributed by atoms with Gasteiger partial charge in [0.25, 0.3) is 0 Å². The molecular formula is C9H11NOS. The lowest BCUT2D eigenvalue weighted by Gasteiger charge is -2.29. The third-order valence-electron chi connectivity index (χ3n) is 2.15. The molecule has 2 nitrogen and oxygen atoms in total. The van der Waals surface area contributed by atoms with Gasteiger partial charge in [-0.1, -0.05) is 12.2 Å². The first kappa shape index (κ1) is 7.92. The predicted octanol–water partition coefficient (Wildman–Crippen LogP) is 1.75. The average molecular weight is 181 g/mol. The fraction of sp³-hybridized carbons (Fsp3) is 0.444. The first-order valence-corrected chi connectivity index (χ1v) is 4.90. The van der Waals surface area contributed by atoms with Crippen molar-refractivity contribution >= 4 is 16.9 Å². The van der Waals surface area contributed by atoms with Gasteiger partial charge < -0.3 is 4.90 Å². The number of rotatable bonds is 0. The molecule has 1 aliphatic heterocycles. The van der Waals surface area contributed by atoms with Crippen molar-refractivity contribution in [1.82, 2.24) is 4.90 Å². The van der Waals surface area contributed by atoms with E-state index in [4.69, 9.17) is 0 Å². The van der Waals surface area contributed by atoms with Crippen LogP contribution in [0.3, 0.4) is 0 Å². The van der Waals surface area contributed by atoms with Gasteiger partial charge in [-0.05, 0) is 24.6 Å². The summed E-state index contributed by atoms with van der Waals surface area (Å²) in [6.45, 7) is 0.567. The first-order chi connectivity index (χ1) is 5.77. The normalized spacial score (nSPS) is 23.1. The van der Waals surface area contributed by atoms with Gasteiger partial charge in [-0.3, -0.25) is 4.79 Å². The average Bonchev–Trinajstić information content (AvgIpc) is 2.04. The Bertz CT molecular complexity index is 280. The van der Waals surface area contributed by atoms with E-state index in [1.54, 1.807) is 0 Å². The Kier molecular flexibility index (Phi) is 1.97. The van der Waals surface area contributed by atoms with Crippen molar-refractivity contribution in [2.75, 3.05) is 13.6 Å². The summed E-state index contributed by atoms with van der Waals surface area (Å²) in [7, 11) is 1.99. The summed E-state index contributed by atoms with van der Waals surface area (Å²) in [6, 6.07) is 0. The van der Waals surface area contributed by atoms with Crippen LogP contribution in [-0.2, 0) is 4.79 Å². The summed E-state index contributed by atoms with van der Waals surface area (Å²) < 4.78 is 0. The summed E-state index contributed by atoms with van der Waals surface area (Å²) in [5.41, 5.74) is 1.34. The smallest absolute Gasteiger partial charge is 0.212 e. The zero-order chi connectivity index (χ0) is 8.55. The van der Waals surface area contributed by atoms with Gasteiger partial charge in [0.15, 0.2) is 0 Å². The van der Waals surface area contributed by atoms with E-state index in [9.17, 15) is 4.79 Å². The third kappa shape index (κ3) is 1.29. The van der Waals surface area contributed by atoms with E-state index < -0.39 is 0 Å². The van der Waals surface area contributed by atoms with Crippen LogP contribution in [0.25, 0.3) is 0 Å². The maximum absolute atomic E-state index is 11.2. The van der Waals surface area contributed by atoms with E-state index in [-0.39, 0.29) is 5.12 Å². The number of hydrogen-bond donors (Lipinski definition) is 0. The highest BCUT2D eigenvalue weighted by molar-refractivity contribution is 8.17. The maximum atomic E-state index is 11.2. The summed E-state index contributed by atoms with van der Waals surface area (Å²) in [5, 5.41) is 0.253. The number of likely N-dealkylation sites (N-methyl/N-ethyl adjacent to an activating group) is 1. The fourth-order valence-electron chi connectivity index (χ4n) is 1.55. The molecule has 12 heavy (non-hydrogen) atoms. The van der Waals surface area contributed by atoms with Crippen molar-refractivity contribution in [3.8, 4) is 0 Å². The first-order valence-electron chi connectivity index (χ1n) is 4.09. The van der Waals surface area contributed by atoms with Crippen LogP contribution in [0, 0.1) is 0 Å². The second-order valence-corrected chi connectivity index (χ2v) is 4.18. The third-order valence-corrected chi connectivity index (χ3v) is 3.10. The molecule has 0 bridgehead atoms. The molecule has 0 N–H and O–H groups in total. The molecule has 0 fully saturated rings. The number of carbonyl (C=O) groups is 1. The van der Waals surface area contributed by atoms with Gasteiger partial charge in [0.1, 0.15) is 0 Å². The Morgan fingerprint density at radius 2 is 2.42 bits per heavy atom. The molecule has 0 aromatic heterocycles. The molecule has 0 unspecified atom stereocenters. The number of thioether (sulfide) groups is 1. The summed E-state index contributed by atoms with van der Waals surface area (Å²) in [5.74, 6) is 0. The van der Waals surface area contributed by atoms with E-state index in [1.165, 1.54) is 17.5 Å². The predicted molar refractivity (Wildman–Crippen MR) is 50.6 cm³/mol. The van der Waals surface area contributed by atoms with Gasteiger partial charge >= 0.3 is 0 Å². The molecule has 0 radical (unpaired) electrons. The highest BCUT2D eigenvalue weighted by Gasteiger charge is 2.22. The van der Waals surface area contributed by atoms with Crippen LogP contribution >= 0.6 is 11.8 Å². The van der Waals surface area contributed by atoms with Crippen molar-refractivity contribution in [1.29, 1.82) is 0 Å². The standard InChI is InChI=1S/C9H11NOS/c1-10-6-9(11)12-8-5-3-2-4-7(8)10/h3,5H,2,4,6H2,1H3. The molecule has 2 rings (SSSR count). The maximum Gasteiger partial charge on any atom is 0.212 e. The molecular weight excluding hydrogens is 170 g/mol. The second kappa shape index (κ2) is 2.98. The molecule has 2 aliphatic rings. The summed E-state index contributed by atoms with van der Waals surface area (Å²) >= 11 is 1.39. The van der Waals surface area contributed by atoms with E-state index >= 15 is 0 Å². The van der Waals surface area contributed by atoms with Gasteiger partial charge in [0, 0.05) is 17.6 Å². The highest BCUT2D eigenvalue weighted by atomic mass is 32.2. The molecule has 0 atom stereocenters. The second-order valence-electron chi connectivity index (χ2n) is 3.08. The lowest BCUT2D eigenvalue weighted by Crippen LogP contribution is -2.29. The fourth-order valence-corrected chi connectivity index (χ4v) is 2.59. The lowest BCUT2D eigenvalue weighted by molar-refractivity contribution is -0.111. The van der Waals surface area contributed by atoms with Gasteiger partial charge in [-0.15, -0.1) is 0 Å². The molecule has 3 heteroatoms.